The molecule has 24 heavy (non-hydrogen) atoms. The number of halogens is 1. The van der Waals surface area contributed by atoms with Gasteiger partial charge in [-0.25, -0.2) is 14.8 Å². The number of rotatable bonds is 3. The summed E-state index contributed by atoms with van der Waals surface area (Å²) in [5, 5.41) is 0.494. The van der Waals surface area contributed by atoms with E-state index in [1.807, 2.05) is 20.8 Å². The maximum Gasteiger partial charge on any atom is 0.410 e. The average molecular weight is 374 g/mol. The van der Waals surface area contributed by atoms with E-state index in [1.165, 1.54) is 0 Å². The van der Waals surface area contributed by atoms with E-state index in [1.54, 1.807) is 17.9 Å². The highest BCUT2D eigenvalue weighted by Crippen LogP contribution is 2.22. The molecule has 2 rings (SSSR count). The van der Waals surface area contributed by atoms with Gasteiger partial charge in [-0.1, -0.05) is 11.6 Å². The van der Waals surface area contributed by atoms with Gasteiger partial charge in [-0.2, -0.15) is 0 Å². The van der Waals surface area contributed by atoms with E-state index in [4.69, 9.17) is 16.3 Å². The number of hydrogen-bond acceptors (Lipinski definition) is 5. The van der Waals surface area contributed by atoms with E-state index in [2.05, 4.69) is 9.97 Å². The Hall–Kier alpha value is -1.21. The largest absolute Gasteiger partial charge is 0.444 e. The Morgan fingerprint density at radius 2 is 2.12 bits per heavy atom. The van der Waals surface area contributed by atoms with Gasteiger partial charge in [0.25, 0.3) is 0 Å². The summed E-state index contributed by atoms with van der Waals surface area (Å²) in [4.78, 5) is 22.3. The first-order chi connectivity index (χ1) is 11.2. The molecule has 2 heterocycles. The van der Waals surface area contributed by atoms with Crippen LogP contribution >= 0.6 is 11.6 Å². The summed E-state index contributed by atoms with van der Waals surface area (Å²) in [6.45, 7) is 7.91. The fourth-order valence-corrected chi connectivity index (χ4v) is 4.17. The van der Waals surface area contributed by atoms with Crippen molar-refractivity contribution < 1.29 is 13.7 Å². The molecule has 8 heteroatoms. The number of ether oxygens (including phenoxy) is 1. The normalized spacial score (nSPS) is 19.9. The van der Waals surface area contributed by atoms with Crippen LogP contribution in [0.3, 0.4) is 0 Å². The summed E-state index contributed by atoms with van der Waals surface area (Å²) < 4.78 is 18.1. The van der Waals surface area contributed by atoms with Gasteiger partial charge in [0.2, 0.25) is 5.16 Å². The molecule has 0 radical (unpaired) electrons. The van der Waals surface area contributed by atoms with Crippen LogP contribution in [0.5, 0.6) is 0 Å². The van der Waals surface area contributed by atoms with E-state index in [-0.39, 0.29) is 22.4 Å². The van der Waals surface area contributed by atoms with E-state index in [9.17, 15) is 9.00 Å². The fraction of sp³-hybridized carbons (Fsp3) is 0.688. The first kappa shape index (κ1) is 19.1. The predicted molar refractivity (Wildman–Crippen MR) is 93.6 cm³/mol. The number of piperidine rings is 1. The van der Waals surface area contributed by atoms with E-state index in [0.717, 1.165) is 19.3 Å². The Labute approximate surface area is 150 Å². The minimum atomic E-state index is -1.42. The molecule has 1 aliphatic heterocycles. The van der Waals surface area contributed by atoms with Gasteiger partial charge in [-0.3, -0.25) is 4.21 Å². The lowest BCUT2D eigenvalue weighted by Crippen LogP contribution is -2.48. The Morgan fingerprint density at radius 3 is 2.75 bits per heavy atom. The monoisotopic (exact) mass is 373 g/mol. The SMILES string of the molecule is Cc1cc(Cl)nc([S@@](=O)C[C@H]2CCCCN2C(=O)OC(C)(C)C)n1. The van der Waals surface area contributed by atoms with Crippen LogP contribution in [-0.2, 0) is 15.5 Å². The quantitative estimate of drug-likeness (QED) is 0.600. The molecule has 1 amide bonds. The first-order valence-corrected chi connectivity index (χ1v) is 9.74. The van der Waals surface area contributed by atoms with Gasteiger partial charge < -0.3 is 9.64 Å². The molecule has 0 N–H and O–H groups in total. The maximum absolute atomic E-state index is 12.6. The van der Waals surface area contributed by atoms with Gasteiger partial charge in [0.1, 0.15) is 10.8 Å². The second-order valence-electron chi connectivity index (χ2n) is 6.95. The summed E-state index contributed by atoms with van der Waals surface area (Å²) >= 11 is 5.92. The third-order valence-corrected chi connectivity index (χ3v) is 5.08. The molecule has 1 saturated heterocycles. The molecule has 1 fully saturated rings. The minimum absolute atomic E-state index is 0.141. The molecule has 0 saturated carbocycles. The van der Waals surface area contributed by atoms with Gasteiger partial charge in [-0.15, -0.1) is 0 Å². The molecule has 1 aromatic rings. The van der Waals surface area contributed by atoms with Gasteiger partial charge in [0.15, 0.2) is 0 Å². The van der Waals surface area contributed by atoms with Crippen molar-refractivity contribution >= 4 is 28.5 Å². The average Bonchev–Trinajstić information content (AvgIpc) is 2.44. The number of carbonyl (C=O) groups is 1. The van der Waals surface area contributed by atoms with Crippen LogP contribution < -0.4 is 0 Å². The third kappa shape index (κ3) is 5.41. The highest BCUT2D eigenvalue weighted by Gasteiger charge is 2.32. The van der Waals surface area contributed by atoms with Crippen LogP contribution in [0.4, 0.5) is 4.79 Å². The van der Waals surface area contributed by atoms with Gasteiger partial charge in [0, 0.05) is 18.3 Å². The Kier molecular flexibility index (Phi) is 6.20. The highest BCUT2D eigenvalue weighted by atomic mass is 35.5. The Morgan fingerprint density at radius 1 is 1.42 bits per heavy atom. The number of aromatic nitrogens is 2. The van der Waals surface area contributed by atoms with E-state index >= 15 is 0 Å². The second kappa shape index (κ2) is 7.78. The topological polar surface area (TPSA) is 72.4 Å². The van der Waals surface area contributed by atoms with Gasteiger partial charge in [-0.05, 0) is 53.0 Å². The Balaban J connectivity index is 2.10. The number of aryl methyl sites for hydroxylation is 1. The third-order valence-electron chi connectivity index (χ3n) is 3.60. The first-order valence-electron chi connectivity index (χ1n) is 8.05. The zero-order chi connectivity index (χ0) is 17.9. The molecule has 0 bridgehead atoms. The lowest BCUT2D eigenvalue weighted by atomic mass is 10.0. The molecule has 1 aliphatic rings. The second-order valence-corrected chi connectivity index (χ2v) is 8.73. The fourth-order valence-electron chi connectivity index (χ4n) is 2.59. The van der Waals surface area contributed by atoms with Crippen molar-refractivity contribution in [1.82, 2.24) is 14.9 Å². The van der Waals surface area contributed by atoms with Crippen molar-refractivity contribution in [2.75, 3.05) is 12.3 Å². The summed E-state index contributed by atoms with van der Waals surface area (Å²) in [6, 6.07) is 1.48. The number of hydrogen-bond donors (Lipinski definition) is 0. The number of nitrogens with zero attached hydrogens (tertiary/aromatic N) is 3. The van der Waals surface area contributed by atoms with Gasteiger partial charge >= 0.3 is 6.09 Å². The van der Waals surface area contributed by atoms with Crippen molar-refractivity contribution in [3.05, 3.63) is 16.9 Å². The number of likely N-dealkylation sites (tertiary alicyclic amines) is 1. The molecule has 6 nitrogen and oxygen atoms in total. The molecule has 0 aromatic carbocycles. The van der Waals surface area contributed by atoms with E-state index in [0.29, 0.717) is 18.0 Å². The summed E-state index contributed by atoms with van der Waals surface area (Å²) in [5.41, 5.74) is 0.122. The van der Waals surface area contributed by atoms with Gasteiger partial charge in [0.05, 0.1) is 16.6 Å². The van der Waals surface area contributed by atoms with Crippen molar-refractivity contribution in [2.45, 2.75) is 63.8 Å². The van der Waals surface area contributed by atoms with Crippen LogP contribution in [0, 0.1) is 6.92 Å². The number of carbonyl (C=O) groups excluding carboxylic acids is 1. The van der Waals surface area contributed by atoms with Crippen LogP contribution in [0.15, 0.2) is 11.2 Å². The molecule has 1 aromatic heterocycles. The molecule has 134 valence electrons. The van der Waals surface area contributed by atoms with Crippen LogP contribution in [0.2, 0.25) is 5.15 Å². The molecule has 0 unspecified atom stereocenters. The minimum Gasteiger partial charge on any atom is -0.444 e. The Bertz CT molecular complexity index is 613. The van der Waals surface area contributed by atoms with Crippen molar-refractivity contribution in [1.29, 1.82) is 0 Å². The molecule has 2 atom stereocenters. The van der Waals surface area contributed by atoms with E-state index < -0.39 is 16.4 Å². The lowest BCUT2D eigenvalue weighted by molar-refractivity contribution is 0.0125. The van der Waals surface area contributed by atoms with Crippen molar-refractivity contribution in [3.8, 4) is 0 Å². The summed E-state index contributed by atoms with van der Waals surface area (Å²) in [6.07, 6.45) is 2.36. The predicted octanol–water partition coefficient (Wildman–Crippen LogP) is 3.34. The van der Waals surface area contributed by atoms with Crippen LogP contribution in [0.1, 0.15) is 45.7 Å². The summed E-state index contributed by atoms with van der Waals surface area (Å²) in [7, 11) is -1.42. The number of amides is 1. The van der Waals surface area contributed by atoms with Crippen molar-refractivity contribution in [3.63, 3.8) is 0 Å². The lowest BCUT2D eigenvalue weighted by Gasteiger charge is -2.36. The highest BCUT2D eigenvalue weighted by molar-refractivity contribution is 7.84. The van der Waals surface area contributed by atoms with Crippen molar-refractivity contribution in [2.24, 2.45) is 0 Å². The maximum atomic E-state index is 12.6. The molecule has 0 aliphatic carbocycles. The van der Waals surface area contributed by atoms with Crippen LogP contribution in [-0.4, -0.2) is 49.1 Å². The van der Waals surface area contributed by atoms with Crippen LogP contribution in [0.25, 0.3) is 0 Å². The molecule has 0 spiro atoms. The molecular weight excluding hydrogens is 350 g/mol. The molecular formula is C16H24ClN3O3S. The smallest absolute Gasteiger partial charge is 0.410 e. The zero-order valence-electron chi connectivity index (χ0n) is 14.5. The zero-order valence-corrected chi connectivity index (χ0v) is 16.1. The standard InChI is InChI=1S/C16H24ClN3O3S/c1-11-9-13(17)19-14(18-11)24(22)10-12-7-5-6-8-20(12)15(21)23-16(2,3)4/h9,12H,5-8,10H2,1-4H3/t12-,24+/m1/s1. The summed E-state index contributed by atoms with van der Waals surface area (Å²) in [5.74, 6) is 0.291.